The molecular weight excluding hydrogens is 637 g/mol. The van der Waals surface area contributed by atoms with E-state index in [-0.39, 0.29) is 0 Å². The first-order chi connectivity index (χ1) is 25.3. The van der Waals surface area contributed by atoms with Gasteiger partial charge in [-0.1, -0.05) is 103 Å². The number of aromatic amines is 1. The first-order valence-electron chi connectivity index (χ1n) is 17.4. The van der Waals surface area contributed by atoms with Crippen molar-refractivity contribution in [1.82, 2.24) is 4.98 Å². The van der Waals surface area contributed by atoms with Gasteiger partial charge in [-0.2, -0.15) is 0 Å². The topological polar surface area (TPSA) is 19.0 Å². The monoisotopic (exact) mass is 666 g/mol. The van der Waals surface area contributed by atoms with Crippen molar-refractivity contribution in [3.63, 3.8) is 0 Å². The van der Waals surface area contributed by atoms with Crippen molar-refractivity contribution >= 4 is 70.2 Å². The summed E-state index contributed by atoms with van der Waals surface area (Å²) in [5, 5.41) is 6.54. The fourth-order valence-electron chi connectivity index (χ4n) is 8.16. The Balaban J connectivity index is 1.02. The highest BCUT2D eigenvalue weighted by Gasteiger charge is 2.27. The molecule has 0 radical (unpaired) electrons. The molecule has 51 heavy (non-hydrogen) atoms. The molecule has 1 aliphatic rings. The third-order valence-corrected chi connectivity index (χ3v) is 11.6. The van der Waals surface area contributed by atoms with E-state index in [1.807, 2.05) is 11.3 Å². The molecule has 1 N–H and O–H groups in total. The maximum Gasteiger partial charge on any atom is 0.0551 e. The summed E-state index contributed by atoms with van der Waals surface area (Å²) in [7, 11) is 0. The summed E-state index contributed by atoms with van der Waals surface area (Å²) >= 11 is 1.87. The molecule has 2 aromatic heterocycles. The van der Waals surface area contributed by atoms with Gasteiger partial charge in [-0.3, -0.25) is 0 Å². The van der Waals surface area contributed by atoms with Gasteiger partial charge in [-0.15, -0.1) is 11.3 Å². The predicted molar refractivity (Wildman–Crippen MR) is 219 cm³/mol. The minimum atomic E-state index is 1.13. The van der Waals surface area contributed by atoms with Crippen LogP contribution in [0.5, 0.6) is 0 Å². The van der Waals surface area contributed by atoms with Crippen molar-refractivity contribution in [3.05, 3.63) is 176 Å². The van der Waals surface area contributed by atoms with Gasteiger partial charge in [0.05, 0.1) is 5.69 Å². The average molecular weight is 667 g/mol. The highest BCUT2D eigenvalue weighted by molar-refractivity contribution is 7.25. The van der Waals surface area contributed by atoms with Gasteiger partial charge in [-0.25, -0.2) is 0 Å². The van der Waals surface area contributed by atoms with Crippen LogP contribution in [0.3, 0.4) is 0 Å². The zero-order valence-corrected chi connectivity index (χ0v) is 28.4. The Kier molecular flexibility index (Phi) is 6.16. The van der Waals surface area contributed by atoms with Crippen molar-refractivity contribution in [3.8, 4) is 44.6 Å². The Morgan fingerprint density at radius 2 is 1.08 bits per heavy atom. The molecule has 2 heterocycles. The molecule has 10 aromatic rings. The molecule has 0 saturated heterocycles. The molecule has 8 aromatic carbocycles. The zero-order chi connectivity index (χ0) is 33.5. The van der Waals surface area contributed by atoms with E-state index in [4.69, 9.17) is 0 Å². The van der Waals surface area contributed by atoms with Crippen molar-refractivity contribution < 1.29 is 0 Å². The van der Waals surface area contributed by atoms with Gasteiger partial charge < -0.3 is 9.88 Å². The average Bonchev–Trinajstić information content (AvgIpc) is 3.85. The number of hydrogen-bond acceptors (Lipinski definition) is 2. The van der Waals surface area contributed by atoms with Crippen LogP contribution >= 0.6 is 11.3 Å². The first kappa shape index (κ1) is 28.4. The van der Waals surface area contributed by atoms with Crippen LogP contribution in [0.2, 0.25) is 0 Å². The first-order valence-corrected chi connectivity index (χ1v) is 18.2. The Labute approximate surface area is 299 Å². The van der Waals surface area contributed by atoms with Crippen LogP contribution in [0.1, 0.15) is 0 Å². The number of thiophene rings is 1. The maximum atomic E-state index is 3.82. The van der Waals surface area contributed by atoms with Crippen LogP contribution in [0.15, 0.2) is 176 Å². The van der Waals surface area contributed by atoms with Crippen LogP contribution in [0.25, 0.3) is 86.5 Å². The van der Waals surface area contributed by atoms with Crippen LogP contribution < -0.4 is 4.90 Å². The van der Waals surface area contributed by atoms with Crippen LogP contribution in [-0.2, 0) is 0 Å². The molecule has 3 heteroatoms. The minimum Gasteiger partial charge on any atom is -0.354 e. The fraction of sp³-hybridized carbons (Fsp3) is 0. The summed E-state index contributed by atoms with van der Waals surface area (Å²) in [4.78, 5) is 6.13. The molecule has 0 unspecified atom stereocenters. The lowest BCUT2D eigenvalue weighted by Crippen LogP contribution is -2.09. The highest BCUT2D eigenvalue weighted by atomic mass is 32.1. The Hall–Kier alpha value is -6.42. The second kappa shape index (κ2) is 11.0. The van der Waals surface area contributed by atoms with E-state index in [0.717, 1.165) is 17.1 Å². The van der Waals surface area contributed by atoms with Gasteiger partial charge in [0.1, 0.15) is 0 Å². The van der Waals surface area contributed by atoms with E-state index < -0.39 is 0 Å². The van der Waals surface area contributed by atoms with E-state index in [1.54, 1.807) is 0 Å². The number of benzene rings is 8. The summed E-state index contributed by atoms with van der Waals surface area (Å²) < 4.78 is 2.67. The van der Waals surface area contributed by atoms with E-state index in [0.29, 0.717) is 0 Å². The molecule has 0 fully saturated rings. The van der Waals surface area contributed by atoms with E-state index in [9.17, 15) is 0 Å². The molecular formula is C48H30N2S. The summed E-state index contributed by atoms with van der Waals surface area (Å²) in [6.07, 6.45) is 0. The summed E-state index contributed by atoms with van der Waals surface area (Å²) in [5.74, 6) is 0. The van der Waals surface area contributed by atoms with E-state index in [2.05, 4.69) is 186 Å². The highest BCUT2D eigenvalue weighted by Crippen LogP contribution is 2.52. The second-order valence-electron chi connectivity index (χ2n) is 13.4. The molecule has 0 amide bonds. The summed E-state index contributed by atoms with van der Waals surface area (Å²) in [5.41, 5.74) is 14.6. The smallest absolute Gasteiger partial charge is 0.0551 e. The van der Waals surface area contributed by atoms with Gasteiger partial charge >= 0.3 is 0 Å². The third kappa shape index (κ3) is 4.42. The van der Waals surface area contributed by atoms with Crippen LogP contribution in [0.4, 0.5) is 17.1 Å². The Morgan fingerprint density at radius 3 is 1.88 bits per heavy atom. The van der Waals surface area contributed by atoms with Gasteiger partial charge in [0.25, 0.3) is 0 Å². The van der Waals surface area contributed by atoms with Crippen molar-refractivity contribution in [2.75, 3.05) is 4.90 Å². The molecule has 0 aliphatic heterocycles. The quantitative estimate of drug-likeness (QED) is 0.194. The Morgan fingerprint density at radius 1 is 0.412 bits per heavy atom. The number of fused-ring (bicyclic) bond motifs is 8. The molecule has 0 bridgehead atoms. The lowest BCUT2D eigenvalue weighted by atomic mass is 9.94. The third-order valence-electron chi connectivity index (χ3n) is 10.5. The number of H-pyrrole nitrogens is 1. The molecule has 0 saturated carbocycles. The summed E-state index contributed by atoms with van der Waals surface area (Å²) in [6, 6.07) is 64.2. The second-order valence-corrected chi connectivity index (χ2v) is 14.5. The SMILES string of the molecule is c1ccc(N(c2ccccc2)c2ccc(-c3cc4c5c(cccc5c3)-c3[nH]c5ccc(-c6ccc7c(c6)sc6ccccc67)cc5c3-4)cc2)cc1. The molecule has 1 aliphatic carbocycles. The van der Waals surface area contributed by atoms with Crippen molar-refractivity contribution in [1.29, 1.82) is 0 Å². The van der Waals surface area contributed by atoms with E-state index >= 15 is 0 Å². The number of rotatable bonds is 5. The Bertz CT molecular complexity index is 2910. The molecule has 0 spiro atoms. The number of aromatic nitrogens is 1. The largest absolute Gasteiger partial charge is 0.354 e. The predicted octanol–water partition coefficient (Wildman–Crippen LogP) is 14.1. The lowest BCUT2D eigenvalue weighted by molar-refractivity contribution is 1.28. The van der Waals surface area contributed by atoms with Crippen molar-refractivity contribution in [2.45, 2.75) is 0 Å². The number of nitrogens with zero attached hydrogens (tertiary/aromatic N) is 1. The maximum absolute atomic E-state index is 3.82. The standard InChI is InChI=1S/C48H30N2S/c1-3-11-35(12-4-1)50(36-13-5-2-6-14-36)37-22-18-30(19-23-37)34-26-33-10-9-16-40-46(33)42(28-34)47-41-27-31(21-25-43(41)49-48(40)47)32-20-24-39-38-15-7-8-17-44(38)51-45(39)29-32/h1-29,49H. The number of nitrogens with one attached hydrogen (secondary N) is 1. The van der Waals surface area contributed by atoms with Crippen LogP contribution in [0, 0.1) is 0 Å². The zero-order valence-electron chi connectivity index (χ0n) is 27.6. The molecule has 2 nitrogen and oxygen atoms in total. The summed E-state index contributed by atoms with van der Waals surface area (Å²) in [6.45, 7) is 0. The molecule has 11 rings (SSSR count). The molecule has 238 valence electrons. The number of hydrogen-bond donors (Lipinski definition) is 1. The van der Waals surface area contributed by atoms with Gasteiger partial charge in [0.2, 0.25) is 0 Å². The number of para-hydroxylation sites is 2. The van der Waals surface area contributed by atoms with Crippen LogP contribution in [-0.4, -0.2) is 4.98 Å². The van der Waals surface area contributed by atoms with Gasteiger partial charge in [0, 0.05) is 59.3 Å². The minimum absolute atomic E-state index is 1.13. The van der Waals surface area contributed by atoms with Gasteiger partial charge in [-0.05, 0) is 111 Å². The normalized spacial score (nSPS) is 11.9. The lowest BCUT2D eigenvalue weighted by Gasteiger charge is -2.25. The fourth-order valence-corrected chi connectivity index (χ4v) is 9.31. The van der Waals surface area contributed by atoms with E-state index in [1.165, 1.54) is 86.5 Å². The number of anilines is 3. The van der Waals surface area contributed by atoms with Gasteiger partial charge in [0.15, 0.2) is 0 Å². The van der Waals surface area contributed by atoms with Crippen molar-refractivity contribution in [2.24, 2.45) is 0 Å². The molecule has 0 atom stereocenters.